The van der Waals surface area contributed by atoms with Crippen molar-refractivity contribution in [2.24, 2.45) is 0 Å². The number of pyridine rings is 2. The highest BCUT2D eigenvalue weighted by atomic mass is 16.2. The molecule has 1 fully saturated rings. The van der Waals surface area contributed by atoms with Crippen LogP contribution in [-0.4, -0.2) is 33.9 Å². The van der Waals surface area contributed by atoms with E-state index in [1.54, 1.807) is 6.20 Å². The molecule has 0 radical (unpaired) electrons. The topological polar surface area (TPSA) is 66.1 Å². The fourth-order valence-electron chi connectivity index (χ4n) is 3.15. The van der Waals surface area contributed by atoms with Gasteiger partial charge in [0.1, 0.15) is 5.52 Å². The molecule has 5 heteroatoms. The third-order valence-electron chi connectivity index (χ3n) is 4.37. The minimum absolute atomic E-state index is 0.127. The summed E-state index contributed by atoms with van der Waals surface area (Å²) in [7, 11) is 0. The van der Waals surface area contributed by atoms with Crippen molar-refractivity contribution >= 4 is 16.8 Å². The van der Waals surface area contributed by atoms with Crippen molar-refractivity contribution in [3.8, 4) is 0 Å². The monoisotopic (exact) mass is 299 g/mol. The summed E-state index contributed by atoms with van der Waals surface area (Å²) in [6, 6.07) is 5.79. The lowest BCUT2D eigenvalue weighted by atomic mass is 9.92. The first-order valence-electron chi connectivity index (χ1n) is 7.94. The molecule has 0 aliphatic carbocycles. The number of hydrogen-bond donors (Lipinski definition) is 1. The number of rotatable bonds is 3. The molecule has 1 N–H and O–H groups in total. The highest BCUT2D eigenvalue weighted by molar-refractivity contribution is 5.78. The maximum absolute atomic E-state index is 12.1. The molecule has 5 nitrogen and oxygen atoms in total. The Morgan fingerprint density at radius 2 is 2.18 bits per heavy atom. The number of nitrogens with zero attached hydrogens (tertiary/aromatic N) is 2. The molecule has 1 amide bonds. The third-order valence-corrected chi connectivity index (χ3v) is 4.37. The minimum atomic E-state index is -0.127. The average Bonchev–Trinajstić information content (AvgIpc) is 2.55. The van der Waals surface area contributed by atoms with Gasteiger partial charge in [-0.2, -0.15) is 0 Å². The van der Waals surface area contributed by atoms with Gasteiger partial charge >= 0.3 is 0 Å². The highest BCUT2D eigenvalue weighted by Gasteiger charge is 2.24. The number of H-pyrrole nitrogens is 1. The summed E-state index contributed by atoms with van der Waals surface area (Å²) >= 11 is 0. The lowest BCUT2D eigenvalue weighted by molar-refractivity contribution is -0.132. The molecule has 0 spiro atoms. The summed E-state index contributed by atoms with van der Waals surface area (Å²) < 4.78 is 0. The predicted molar refractivity (Wildman–Crippen MR) is 85.8 cm³/mol. The van der Waals surface area contributed by atoms with E-state index in [1.165, 1.54) is 0 Å². The van der Waals surface area contributed by atoms with E-state index < -0.39 is 0 Å². The van der Waals surface area contributed by atoms with Crippen molar-refractivity contribution in [1.29, 1.82) is 0 Å². The van der Waals surface area contributed by atoms with Crippen LogP contribution in [0.15, 0.2) is 29.2 Å². The van der Waals surface area contributed by atoms with E-state index in [0.717, 1.165) is 43.4 Å². The maximum Gasteiger partial charge on any atom is 0.274 e. The van der Waals surface area contributed by atoms with Crippen LogP contribution in [0.3, 0.4) is 0 Å². The number of aromatic amines is 1. The molecular formula is C17H21N3O2. The van der Waals surface area contributed by atoms with E-state index in [1.807, 2.05) is 30.0 Å². The minimum Gasteiger partial charge on any atom is -0.343 e. The fourth-order valence-corrected chi connectivity index (χ4v) is 3.15. The zero-order chi connectivity index (χ0) is 15.5. The molecule has 3 heterocycles. The number of fused-ring (bicyclic) bond motifs is 1. The first-order chi connectivity index (χ1) is 10.7. The van der Waals surface area contributed by atoms with Gasteiger partial charge in [0.25, 0.3) is 5.56 Å². The molecule has 2 aromatic rings. The van der Waals surface area contributed by atoms with Gasteiger partial charge in [-0.05, 0) is 31.4 Å². The molecule has 22 heavy (non-hydrogen) atoms. The quantitative estimate of drug-likeness (QED) is 0.946. The average molecular weight is 299 g/mol. The summed E-state index contributed by atoms with van der Waals surface area (Å²) in [5.74, 6) is 0.556. The van der Waals surface area contributed by atoms with Crippen LogP contribution >= 0.6 is 0 Å². The number of nitrogens with one attached hydrogen (secondary N) is 1. The molecule has 0 saturated carbocycles. The van der Waals surface area contributed by atoms with Gasteiger partial charge in [-0.15, -0.1) is 0 Å². The summed E-state index contributed by atoms with van der Waals surface area (Å²) in [4.78, 5) is 33.1. The number of piperidine rings is 1. The Morgan fingerprint density at radius 3 is 2.91 bits per heavy atom. The number of carbonyl (C=O) groups is 1. The highest BCUT2D eigenvalue weighted by Crippen LogP contribution is 2.27. The predicted octanol–water partition coefficient (Wildman–Crippen LogP) is 2.43. The number of likely N-dealkylation sites (tertiary alicyclic amines) is 1. The van der Waals surface area contributed by atoms with Crippen molar-refractivity contribution in [3.63, 3.8) is 0 Å². The lowest BCUT2D eigenvalue weighted by Crippen LogP contribution is -2.38. The normalized spacial score (nSPS) is 16.1. The van der Waals surface area contributed by atoms with Gasteiger partial charge in [0.2, 0.25) is 5.91 Å². The number of carbonyl (C=O) groups excluding carboxylic acids is 1. The molecule has 2 aromatic heterocycles. The van der Waals surface area contributed by atoms with E-state index in [4.69, 9.17) is 0 Å². The molecule has 1 aliphatic rings. The van der Waals surface area contributed by atoms with Crippen LogP contribution in [0, 0.1) is 0 Å². The zero-order valence-electron chi connectivity index (χ0n) is 12.8. The number of amides is 1. The second-order valence-corrected chi connectivity index (χ2v) is 5.90. The van der Waals surface area contributed by atoms with Crippen molar-refractivity contribution in [1.82, 2.24) is 14.9 Å². The molecule has 0 bridgehead atoms. The SMILES string of the molecule is CCCC(=O)N1CCC(c2cc3cccnc3c(=O)[nH]2)CC1. The van der Waals surface area contributed by atoms with Gasteiger partial charge in [0.15, 0.2) is 0 Å². The fraction of sp³-hybridized carbons (Fsp3) is 0.471. The second-order valence-electron chi connectivity index (χ2n) is 5.90. The van der Waals surface area contributed by atoms with Crippen LogP contribution < -0.4 is 5.56 Å². The van der Waals surface area contributed by atoms with E-state index >= 15 is 0 Å². The van der Waals surface area contributed by atoms with E-state index in [0.29, 0.717) is 17.9 Å². The van der Waals surface area contributed by atoms with Gasteiger partial charge in [-0.3, -0.25) is 14.6 Å². The smallest absolute Gasteiger partial charge is 0.274 e. The number of hydrogen-bond acceptors (Lipinski definition) is 3. The summed E-state index contributed by atoms with van der Waals surface area (Å²) in [6.07, 6.45) is 4.95. The van der Waals surface area contributed by atoms with Gasteiger partial charge < -0.3 is 9.88 Å². The van der Waals surface area contributed by atoms with Crippen LogP contribution in [-0.2, 0) is 4.79 Å². The standard InChI is InChI=1S/C17H21N3O2/c1-2-4-15(21)20-9-6-12(7-10-20)14-11-13-5-3-8-18-16(13)17(22)19-14/h3,5,8,11-12H,2,4,6-7,9-10H2,1H3,(H,19,22). The molecule has 3 rings (SSSR count). The molecule has 0 aromatic carbocycles. The molecular weight excluding hydrogens is 278 g/mol. The van der Waals surface area contributed by atoms with Crippen LogP contribution in [0.25, 0.3) is 10.9 Å². The van der Waals surface area contributed by atoms with E-state index in [2.05, 4.69) is 9.97 Å². The lowest BCUT2D eigenvalue weighted by Gasteiger charge is -2.32. The van der Waals surface area contributed by atoms with Gasteiger partial charge in [-0.25, -0.2) is 0 Å². The molecule has 0 unspecified atom stereocenters. The van der Waals surface area contributed by atoms with Gasteiger partial charge in [0, 0.05) is 42.7 Å². The van der Waals surface area contributed by atoms with Crippen LogP contribution in [0.1, 0.15) is 44.2 Å². The van der Waals surface area contributed by atoms with Crippen molar-refractivity contribution in [2.75, 3.05) is 13.1 Å². The largest absolute Gasteiger partial charge is 0.343 e. The Hall–Kier alpha value is -2.17. The molecule has 1 aliphatic heterocycles. The zero-order valence-corrected chi connectivity index (χ0v) is 12.8. The molecule has 116 valence electrons. The Bertz CT molecular complexity index is 730. The van der Waals surface area contributed by atoms with E-state index in [9.17, 15) is 9.59 Å². The third kappa shape index (κ3) is 2.89. The Labute approximate surface area is 129 Å². The van der Waals surface area contributed by atoms with Crippen LogP contribution in [0.2, 0.25) is 0 Å². The maximum atomic E-state index is 12.1. The summed E-state index contributed by atoms with van der Waals surface area (Å²) in [5.41, 5.74) is 1.33. The van der Waals surface area contributed by atoms with Crippen LogP contribution in [0.4, 0.5) is 0 Å². The Kier molecular flexibility index (Phi) is 4.22. The van der Waals surface area contributed by atoms with Crippen molar-refractivity contribution in [3.05, 3.63) is 40.4 Å². The number of aromatic nitrogens is 2. The van der Waals surface area contributed by atoms with Crippen LogP contribution in [0.5, 0.6) is 0 Å². The Balaban J connectivity index is 1.76. The molecule has 0 atom stereocenters. The van der Waals surface area contributed by atoms with Crippen molar-refractivity contribution in [2.45, 2.75) is 38.5 Å². The summed E-state index contributed by atoms with van der Waals surface area (Å²) in [6.45, 7) is 3.58. The summed E-state index contributed by atoms with van der Waals surface area (Å²) in [5, 5.41) is 0.880. The molecule has 1 saturated heterocycles. The first-order valence-corrected chi connectivity index (χ1v) is 7.94. The first kappa shape index (κ1) is 14.8. The second kappa shape index (κ2) is 6.30. The Morgan fingerprint density at radius 1 is 1.41 bits per heavy atom. The van der Waals surface area contributed by atoms with Crippen molar-refractivity contribution < 1.29 is 4.79 Å². The van der Waals surface area contributed by atoms with Gasteiger partial charge in [0.05, 0.1) is 0 Å². The van der Waals surface area contributed by atoms with E-state index in [-0.39, 0.29) is 11.5 Å². The van der Waals surface area contributed by atoms with Gasteiger partial charge in [-0.1, -0.05) is 13.0 Å².